The van der Waals surface area contributed by atoms with Crippen LogP contribution in [0.3, 0.4) is 0 Å². The number of hydrogen-bond acceptors (Lipinski definition) is 2. The molecule has 0 unspecified atom stereocenters. The van der Waals surface area contributed by atoms with Crippen LogP contribution in [0.15, 0.2) is 57.5 Å². The Kier molecular flexibility index (Phi) is 5.05. The van der Waals surface area contributed by atoms with Crippen molar-refractivity contribution in [2.75, 3.05) is 32.8 Å². The molecule has 0 saturated carbocycles. The lowest BCUT2D eigenvalue weighted by molar-refractivity contribution is 0.0366. The zero-order valence-electron chi connectivity index (χ0n) is 15.4. The molecule has 0 spiro atoms. The predicted octanol–water partition coefficient (Wildman–Crippen LogP) is 5.65. The summed E-state index contributed by atoms with van der Waals surface area (Å²) in [6.45, 7) is 5.69. The molecule has 1 N–H and O–H groups in total. The second kappa shape index (κ2) is 7.67. The third kappa shape index (κ3) is 3.54. The summed E-state index contributed by atoms with van der Waals surface area (Å²) in [6, 6.07) is 17.4. The maximum absolute atomic E-state index is 5.49. The molecule has 2 aromatic heterocycles. The summed E-state index contributed by atoms with van der Waals surface area (Å²) < 4.78 is 10.1. The molecule has 0 amide bonds. The van der Waals surface area contributed by atoms with Crippen molar-refractivity contribution in [1.82, 2.24) is 14.5 Å². The summed E-state index contributed by atoms with van der Waals surface area (Å²) in [6.07, 6.45) is 0. The summed E-state index contributed by atoms with van der Waals surface area (Å²) in [7, 11) is 0. The average Bonchev–Trinajstić information content (AvgIpc) is 3.27. The van der Waals surface area contributed by atoms with E-state index in [9.17, 15) is 0 Å². The van der Waals surface area contributed by atoms with Gasteiger partial charge in [-0.3, -0.25) is 4.90 Å². The Morgan fingerprint density at radius 2 is 1.64 bits per heavy atom. The minimum absolute atomic E-state index is 0.836. The van der Waals surface area contributed by atoms with Crippen LogP contribution in [0.4, 0.5) is 0 Å². The molecule has 4 nitrogen and oxygen atoms in total. The summed E-state index contributed by atoms with van der Waals surface area (Å²) >= 11 is 7.19. The van der Waals surface area contributed by atoms with Crippen molar-refractivity contribution in [3.8, 4) is 11.4 Å². The lowest BCUT2D eigenvalue weighted by Crippen LogP contribution is -2.38. The van der Waals surface area contributed by atoms with Gasteiger partial charge in [-0.25, -0.2) is 0 Å². The summed E-state index contributed by atoms with van der Waals surface area (Å²) in [4.78, 5) is 6.10. The minimum Gasteiger partial charge on any atom is -0.379 e. The van der Waals surface area contributed by atoms with E-state index < -0.39 is 0 Å². The highest BCUT2D eigenvalue weighted by Gasteiger charge is 2.16. The van der Waals surface area contributed by atoms with Gasteiger partial charge in [-0.05, 0) is 42.5 Å². The van der Waals surface area contributed by atoms with Crippen molar-refractivity contribution < 1.29 is 4.74 Å². The lowest BCUT2D eigenvalue weighted by Gasteiger charge is -2.27. The number of halogens is 2. The Morgan fingerprint density at radius 1 is 0.857 bits per heavy atom. The van der Waals surface area contributed by atoms with Crippen molar-refractivity contribution in [2.45, 2.75) is 6.54 Å². The number of morpholine rings is 1. The van der Waals surface area contributed by atoms with Crippen molar-refractivity contribution in [3.63, 3.8) is 0 Å². The summed E-state index contributed by atoms with van der Waals surface area (Å²) in [5.74, 6) is 0. The number of rotatable bonds is 4. The Labute approximate surface area is 180 Å². The number of aromatic nitrogens is 2. The number of ether oxygens (including phenoxy) is 1. The molecule has 144 valence electrons. The van der Waals surface area contributed by atoms with E-state index in [0.717, 1.165) is 59.5 Å². The molecular formula is C22H21Br2N3O. The second-order valence-electron chi connectivity index (χ2n) is 7.25. The Morgan fingerprint density at radius 3 is 2.50 bits per heavy atom. The standard InChI is InChI=1S/C22H21Br2N3O/c23-17-3-4-21-16(11-17)13-22(27(21)6-5-26-7-9-28-10-8-26)20-12-15-1-2-18(24)14-19(15)25-20/h1-4,11-14,25H,5-10H2. The maximum Gasteiger partial charge on any atom is 0.0657 e. The molecule has 6 heteroatoms. The van der Waals surface area contributed by atoms with Gasteiger partial charge in [0.1, 0.15) is 0 Å². The molecule has 5 rings (SSSR count). The first-order chi connectivity index (χ1) is 13.7. The van der Waals surface area contributed by atoms with Crippen LogP contribution in [-0.2, 0) is 11.3 Å². The normalized spacial score (nSPS) is 15.6. The SMILES string of the molecule is Brc1ccc2c(c1)cc(-c1cc3ccc(Br)cc3[nH]1)n2CCN1CCOCC1. The molecule has 2 aromatic carbocycles. The Bertz CT molecular complexity index is 1140. The van der Waals surface area contributed by atoms with Crippen LogP contribution in [0.25, 0.3) is 33.2 Å². The maximum atomic E-state index is 5.49. The Hall–Kier alpha value is -1.60. The molecular weight excluding hydrogens is 482 g/mol. The van der Waals surface area contributed by atoms with Crippen molar-refractivity contribution >= 4 is 53.7 Å². The van der Waals surface area contributed by atoms with E-state index >= 15 is 0 Å². The van der Waals surface area contributed by atoms with Crippen molar-refractivity contribution in [2.24, 2.45) is 0 Å². The zero-order valence-corrected chi connectivity index (χ0v) is 18.6. The fraction of sp³-hybridized carbons (Fsp3) is 0.273. The fourth-order valence-electron chi connectivity index (χ4n) is 4.01. The fourth-order valence-corrected chi connectivity index (χ4v) is 4.75. The number of aromatic amines is 1. The van der Waals surface area contributed by atoms with Gasteiger partial charge < -0.3 is 14.3 Å². The smallest absolute Gasteiger partial charge is 0.0657 e. The predicted molar refractivity (Wildman–Crippen MR) is 122 cm³/mol. The number of hydrogen-bond donors (Lipinski definition) is 1. The van der Waals surface area contributed by atoms with E-state index in [4.69, 9.17) is 4.74 Å². The molecule has 0 atom stereocenters. The van der Waals surface area contributed by atoms with Crippen LogP contribution in [0.5, 0.6) is 0 Å². The zero-order chi connectivity index (χ0) is 19.1. The minimum atomic E-state index is 0.836. The van der Waals surface area contributed by atoms with Gasteiger partial charge in [-0.1, -0.05) is 37.9 Å². The molecule has 0 radical (unpaired) electrons. The van der Waals surface area contributed by atoms with Gasteiger partial charge in [0, 0.05) is 56.9 Å². The monoisotopic (exact) mass is 501 g/mol. The molecule has 1 saturated heterocycles. The molecule has 1 aliphatic rings. The third-order valence-electron chi connectivity index (χ3n) is 5.47. The second-order valence-corrected chi connectivity index (χ2v) is 9.08. The van der Waals surface area contributed by atoms with Gasteiger partial charge in [-0.2, -0.15) is 0 Å². The summed E-state index contributed by atoms with van der Waals surface area (Å²) in [5.41, 5.74) is 4.80. The Balaban J connectivity index is 1.57. The molecule has 28 heavy (non-hydrogen) atoms. The highest BCUT2D eigenvalue weighted by Crippen LogP contribution is 2.32. The number of H-pyrrole nitrogens is 1. The van der Waals surface area contributed by atoms with Gasteiger partial charge >= 0.3 is 0 Å². The van der Waals surface area contributed by atoms with E-state index in [1.54, 1.807) is 0 Å². The van der Waals surface area contributed by atoms with E-state index in [2.05, 4.69) is 94.8 Å². The van der Waals surface area contributed by atoms with Gasteiger partial charge in [0.25, 0.3) is 0 Å². The van der Waals surface area contributed by atoms with Crippen LogP contribution >= 0.6 is 31.9 Å². The molecule has 3 heterocycles. The van der Waals surface area contributed by atoms with Gasteiger partial charge in [0.05, 0.1) is 24.6 Å². The van der Waals surface area contributed by atoms with Crippen molar-refractivity contribution in [1.29, 1.82) is 0 Å². The topological polar surface area (TPSA) is 33.2 Å². The van der Waals surface area contributed by atoms with E-state index in [0.29, 0.717) is 0 Å². The van der Waals surface area contributed by atoms with Crippen LogP contribution in [0.2, 0.25) is 0 Å². The number of nitrogens with one attached hydrogen (secondary N) is 1. The van der Waals surface area contributed by atoms with Crippen LogP contribution in [0, 0.1) is 0 Å². The summed E-state index contributed by atoms with van der Waals surface area (Å²) in [5, 5.41) is 2.48. The highest BCUT2D eigenvalue weighted by atomic mass is 79.9. The van der Waals surface area contributed by atoms with Crippen LogP contribution < -0.4 is 0 Å². The third-order valence-corrected chi connectivity index (χ3v) is 6.45. The van der Waals surface area contributed by atoms with Gasteiger partial charge in [-0.15, -0.1) is 0 Å². The molecule has 0 aliphatic carbocycles. The first kappa shape index (κ1) is 18.4. The number of fused-ring (bicyclic) bond motifs is 2. The first-order valence-electron chi connectivity index (χ1n) is 9.55. The first-order valence-corrected chi connectivity index (χ1v) is 11.1. The van der Waals surface area contributed by atoms with E-state index in [1.165, 1.54) is 22.0 Å². The van der Waals surface area contributed by atoms with Gasteiger partial charge in [0.15, 0.2) is 0 Å². The van der Waals surface area contributed by atoms with E-state index in [-0.39, 0.29) is 0 Å². The number of nitrogens with zero attached hydrogens (tertiary/aromatic N) is 2. The highest BCUT2D eigenvalue weighted by molar-refractivity contribution is 9.10. The van der Waals surface area contributed by atoms with Crippen LogP contribution in [-0.4, -0.2) is 47.3 Å². The number of benzene rings is 2. The molecule has 4 aromatic rings. The van der Waals surface area contributed by atoms with Gasteiger partial charge in [0.2, 0.25) is 0 Å². The van der Waals surface area contributed by atoms with Crippen molar-refractivity contribution in [3.05, 3.63) is 57.5 Å². The molecule has 1 aliphatic heterocycles. The molecule has 1 fully saturated rings. The lowest BCUT2D eigenvalue weighted by atomic mass is 10.2. The van der Waals surface area contributed by atoms with Crippen LogP contribution in [0.1, 0.15) is 0 Å². The molecule has 0 bridgehead atoms. The largest absolute Gasteiger partial charge is 0.379 e. The average molecular weight is 503 g/mol. The quantitative estimate of drug-likeness (QED) is 0.391. The van der Waals surface area contributed by atoms with E-state index in [1.807, 2.05) is 0 Å².